The number of amides is 3. The number of benzene rings is 2. The monoisotopic (exact) mass is 410 g/mol. The number of carbonyl (C=O) groups excluding carboxylic acids is 3. The van der Waals surface area contributed by atoms with Crippen molar-refractivity contribution in [3.8, 4) is 0 Å². The fourth-order valence-corrected chi connectivity index (χ4v) is 4.53. The molecule has 4 rings (SSSR count). The lowest BCUT2D eigenvalue weighted by Crippen LogP contribution is -2.31. The van der Waals surface area contributed by atoms with Crippen LogP contribution in [0.25, 0.3) is 0 Å². The third kappa shape index (κ3) is 3.67. The molecule has 2 aromatic rings. The summed E-state index contributed by atoms with van der Waals surface area (Å²) in [6.45, 7) is 4.01. The average Bonchev–Trinajstić information content (AvgIpc) is 2.94. The van der Waals surface area contributed by atoms with E-state index in [1.165, 1.54) is 4.90 Å². The Bertz CT molecular complexity index is 1000. The lowest BCUT2D eigenvalue weighted by Gasteiger charge is -2.25. The van der Waals surface area contributed by atoms with Crippen LogP contribution in [-0.4, -0.2) is 17.7 Å². The summed E-state index contributed by atoms with van der Waals surface area (Å²) in [5, 5.41) is 3.38. The van der Waals surface area contributed by atoms with E-state index in [2.05, 4.69) is 12.2 Å². The van der Waals surface area contributed by atoms with Crippen LogP contribution in [0.2, 0.25) is 5.02 Å². The molecule has 0 bridgehead atoms. The van der Waals surface area contributed by atoms with Crippen molar-refractivity contribution in [2.75, 3.05) is 10.2 Å². The Morgan fingerprint density at radius 1 is 1.07 bits per heavy atom. The summed E-state index contributed by atoms with van der Waals surface area (Å²) in [6, 6.07) is 12.0. The molecule has 5 nitrogen and oxygen atoms in total. The minimum Gasteiger partial charge on any atom is -0.322 e. The molecule has 1 saturated heterocycles. The van der Waals surface area contributed by atoms with E-state index >= 15 is 0 Å². The van der Waals surface area contributed by atoms with Gasteiger partial charge >= 0.3 is 0 Å². The Morgan fingerprint density at radius 2 is 1.83 bits per heavy atom. The first-order valence-corrected chi connectivity index (χ1v) is 10.3. The highest BCUT2D eigenvalue weighted by Crippen LogP contribution is 2.42. The highest BCUT2D eigenvalue weighted by molar-refractivity contribution is 6.31. The molecule has 3 unspecified atom stereocenters. The number of nitrogens with zero attached hydrogens (tertiary/aromatic N) is 1. The molecule has 1 N–H and O–H groups in total. The molecule has 2 fully saturated rings. The third-order valence-corrected chi connectivity index (χ3v) is 6.24. The first kappa shape index (κ1) is 19.6. The van der Waals surface area contributed by atoms with Crippen molar-refractivity contribution in [1.82, 2.24) is 0 Å². The van der Waals surface area contributed by atoms with E-state index in [-0.39, 0.29) is 29.6 Å². The lowest BCUT2D eigenvalue weighted by atomic mass is 9.76. The average molecular weight is 411 g/mol. The summed E-state index contributed by atoms with van der Waals surface area (Å²) in [4.78, 5) is 39.9. The number of nitrogens with one attached hydrogen (secondary N) is 1. The second-order valence-electron chi connectivity index (χ2n) is 8.11. The SMILES string of the molecule is Cc1ccc(Cl)cc1NC(=O)c1cccc(N2C(=O)C3CCC(C)CC3C2=O)c1. The van der Waals surface area contributed by atoms with Crippen molar-refractivity contribution in [2.24, 2.45) is 17.8 Å². The molecule has 29 heavy (non-hydrogen) atoms. The molecule has 0 spiro atoms. The van der Waals surface area contributed by atoms with Gasteiger partial charge in [-0.1, -0.05) is 30.7 Å². The van der Waals surface area contributed by atoms with Crippen molar-refractivity contribution in [1.29, 1.82) is 0 Å². The van der Waals surface area contributed by atoms with Crippen molar-refractivity contribution in [3.05, 3.63) is 58.6 Å². The summed E-state index contributed by atoms with van der Waals surface area (Å²) < 4.78 is 0. The first-order chi connectivity index (χ1) is 13.8. The number of hydrogen-bond acceptors (Lipinski definition) is 3. The molecule has 0 radical (unpaired) electrons. The van der Waals surface area contributed by atoms with Gasteiger partial charge in [-0.3, -0.25) is 19.3 Å². The summed E-state index contributed by atoms with van der Waals surface area (Å²) >= 11 is 6.03. The van der Waals surface area contributed by atoms with Crippen LogP contribution < -0.4 is 10.2 Å². The maximum atomic E-state index is 12.9. The van der Waals surface area contributed by atoms with Crippen LogP contribution in [0.5, 0.6) is 0 Å². The minimum absolute atomic E-state index is 0.143. The minimum atomic E-state index is -0.317. The Kier molecular flexibility index (Phi) is 5.17. The number of rotatable bonds is 3. The molecule has 3 amide bonds. The quantitative estimate of drug-likeness (QED) is 0.737. The normalized spacial score (nSPS) is 23.8. The molecule has 0 aromatic heterocycles. The van der Waals surface area contributed by atoms with Crippen LogP contribution >= 0.6 is 11.6 Å². The maximum absolute atomic E-state index is 12.9. The molecule has 1 aliphatic carbocycles. The van der Waals surface area contributed by atoms with Gasteiger partial charge in [0.15, 0.2) is 0 Å². The third-order valence-electron chi connectivity index (χ3n) is 6.00. The molecule has 2 aliphatic rings. The summed E-state index contributed by atoms with van der Waals surface area (Å²) in [7, 11) is 0. The van der Waals surface area contributed by atoms with Crippen molar-refractivity contribution >= 4 is 40.7 Å². The first-order valence-electron chi connectivity index (χ1n) is 9.90. The van der Waals surface area contributed by atoms with Crippen LogP contribution in [0.15, 0.2) is 42.5 Å². The number of anilines is 2. The number of halogens is 1. The van der Waals surface area contributed by atoms with E-state index in [1.807, 2.05) is 13.0 Å². The van der Waals surface area contributed by atoms with E-state index in [1.54, 1.807) is 36.4 Å². The van der Waals surface area contributed by atoms with Crippen LogP contribution in [0.4, 0.5) is 11.4 Å². The van der Waals surface area contributed by atoms with Gasteiger partial charge in [0.05, 0.1) is 17.5 Å². The molecule has 1 heterocycles. The van der Waals surface area contributed by atoms with Gasteiger partial charge in [0.25, 0.3) is 5.91 Å². The second kappa shape index (κ2) is 7.64. The van der Waals surface area contributed by atoms with E-state index < -0.39 is 0 Å². The lowest BCUT2D eigenvalue weighted by molar-refractivity contribution is -0.122. The smallest absolute Gasteiger partial charge is 0.255 e. The summed E-state index contributed by atoms with van der Waals surface area (Å²) in [6.07, 6.45) is 2.47. The van der Waals surface area contributed by atoms with E-state index in [9.17, 15) is 14.4 Å². The standard InChI is InChI=1S/C23H23ClN2O3/c1-13-6-9-18-19(10-13)23(29)26(22(18)28)17-5-3-4-15(11-17)21(27)25-20-12-16(24)8-7-14(20)2/h3-5,7-8,11-13,18-19H,6,9-10H2,1-2H3,(H,25,27). The van der Waals surface area contributed by atoms with Gasteiger partial charge in [0.1, 0.15) is 0 Å². The molecule has 6 heteroatoms. The Morgan fingerprint density at radius 3 is 2.62 bits per heavy atom. The van der Waals surface area contributed by atoms with Gasteiger partial charge in [0, 0.05) is 16.3 Å². The van der Waals surface area contributed by atoms with Crippen molar-refractivity contribution in [2.45, 2.75) is 33.1 Å². The Labute approximate surface area is 175 Å². The van der Waals surface area contributed by atoms with Gasteiger partial charge in [-0.05, 0) is 68.0 Å². The molecule has 3 atom stereocenters. The highest BCUT2D eigenvalue weighted by Gasteiger charge is 2.50. The number of fused-ring (bicyclic) bond motifs is 1. The van der Waals surface area contributed by atoms with Crippen LogP contribution in [0.1, 0.15) is 42.1 Å². The van der Waals surface area contributed by atoms with Crippen LogP contribution in [0.3, 0.4) is 0 Å². The fourth-order valence-electron chi connectivity index (χ4n) is 4.35. The van der Waals surface area contributed by atoms with Gasteiger partial charge in [0.2, 0.25) is 11.8 Å². The van der Waals surface area contributed by atoms with Gasteiger partial charge in [-0.15, -0.1) is 0 Å². The van der Waals surface area contributed by atoms with Crippen molar-refractivity contribution in [3.63, 3.8) is 0 Å². The van der Waals surface area contributed by atoms with E-state index in [4.69, 9.17) is 11.6 Å². The van der Waals surface area contributed by atoms with E-state index in [0.29, 0.717) is 27.9 Å². The van der Waals surface area contributed by atoms with E-state index in [0.717, 1.165) is 24.8 Å². The number of aryl methyl sites for hydroxylation is 1. The predicted molar refractivity (Wildman–Crippen MR) is 113 cm³/mol. The number of carbonyl (C=O) groups is 3. The molecule has 2 aromatic carbocycles. The second-order valence-corrected chi connectivity index (χ2v) is 8.54. The topological polar surface area (TPSA) is 66.5 Å². The number of imide groups is 1. The zero-order chi connectivity index (χ0) is 20.7. The van der Waals surface area contributed by atoms with Gasteiger partial charge < -0.3 is 5.32 Å². The Balaban J connectivity index is 1.59. The molecule has 1 aliphatic heterocycles. The Hall–Kier alpha value is -2.66. The zero-order valence-corrected chi connectivity index (χ0v) is 17.2. The van der Waals surface area contributed by atoms with Crippen molar-refractivity contribution < 1.29 is 14.4 Å². The zero-order valence-electron chi connectivity index (χ0n) is 16.4. The molecule has 1 saturated carbocycles. The molecular formula is C23H23ClN2O3. The van der Waals surface area contributed by atoms with Crippen LogP contribution in [-0.2, 0) is 9.59 Å². The molecule has 150 valence electrons. The predicted octanol–water partition coefficient (Wildman–Crippen LogP) is 4.83. The van der Waals surface area contributed by atoms with Gasteiger partial charge in [-0.25, -0.2) is 0 Å². The van der Waals surface area contributed by atoms with Crippen LogP contribution in [0, 0.1) is 24.7 Å². The fraction of sp³-hybridized carbons (Fsp3) is 0.348. The summed E-state index contributed by atoms with van der Waals surface area (Å²) in [5.41, 5.74) is 2.35. The molecular weight excluding hydrogens is 388 g/mol. The summed E-state index contributed by atoms with van der Waals surface area (Å²) in [5.74, 6) is -0.624. The number of hydrogen-bond donors (Lipinski definition) is 1. The largest absolute Gasteiger partial charge is 0.322 e. The highest BCUT2D eigenvalue weighted by atomic mass is 35.5. The van der Waals surface area contributed by atoms with Gasteiger partial charge in [-0.2, -0.15) is 0 Å². The maximum Gasteiger partial charge on any atom is 0.255 e.